The number of aliphatic hydroxyl groups excluding tert-OH is 1. The van der Waals surface area contributed by atoms with Crippen LogP contribution in [0.4, 0.5) is 4.39 Å². The van der Waals surface area contributed by atoms with Gasteiger partial charge in [-0.25, -0.2) is 4.39 Å². The fraction of sp³-hybridized carbons (Fsp3) is 0.588. The minimum atomic E-state index is -0.402. The van der Waals surface area contributed by atoms with E-state index < -0.39 is 5.82 Å². The van der Waals surface area contributed by atoms with Crippen LogP contribution in [0, 0.1) is 5.82 Å². The average Bonchev–Trinajstić information content (AvgIpc) is 2.57. The van der Waals surface area contributed by atoms with Gasteiger partial charge in [0.25, 0.3) is 0 Å². The van der Waals surface area contributed by atoms with E-state index >= 15 is 0 Å². The summed E-state index contributed by atoms with van der Waals surface area (Å²) in [6.45, 7) is 1.88. The maximum atomic E-state index is 13.4. The number of likely N-dealkylation sites (N-methyl/N-ethyl adjacent to an activating group) is 1. The Kier molecular flexibility index (Phi) is 6.80. The minimum Gasteiger partial charge on any atom is -0.489 e. The molecule has 0 aliphatic carbocycles. The van der Waals surface area contributed by atoms with Crippen molar-refractivity contribution < 1.29 is 19.0 Å². The number of aliphatic hydroxyl groups is 1. The van der Waals surface area contributed by atoms with Crippen LogP contribution < -0.4 is 4.74 Å². The van der Waals surface area contributed by atoms with Gasteiger partial charge in [-0.3, -0.25) is 9.69 Å². The van der Waals surface area contributed by atoms with Gasteiger partial charge in [0.1, 0.15) is 6.61 Å². The normalized spacial score (nSPS) is 18.7. The fourth-order valence-electron chi connectivity index (χ4n) is 2.75. The highest BCUT2D eigenvalue weighted by molar-refractivity contribution is 5.78. The molecule has 1 amide bonds. The Hall–Kier alpha value is -1.66. The number of likely N-dealkylation sites (tertiary alicyclic amines) is 1. The summed E-state index contributed by atoms with van der Waals surface area (Å²) in [4.78, 5) is 15.9. The summed E-state index contributed by atoms with van der Waals surface area (Å²) in [6, 6.07) is 6.30. The number of piperidine rings is 1. The van der Waals surface area contributed by atoms with Gasteiger partial charge in [0.15, 0.2) is 11.6 Å². The summed E-state index contributed by atoms with van der Waals surface area (Å²) in [6.07, 6.45) is 3.09. The molecule has 23 heavy (non-hydrogen) atoms. The van der Waals surface area contributed by atoms with E-state index in [0.717, 1.165) is 25.8 Å². The lowest BCUT2D eigenvalue weighted by molar-refractivity contribution is -0.132. The van der Waals surface area contributed by atoms with Gasteiger partial charge >= 0.3 is 0 Å². The van der Waals surface area contributed by atoms with Crippen molar-refractivity contribution in [2.45, 2.75) is 25.3 Å². The summed E-state index contributed by atoms with van der Waals surface area (Å²) in [7, 11) is 1.71. The highest BCUT2D eigenvalue weighted by atomic mass is 19.1. The van der Waals surface area contributed by atoms with E-state index in [-0.39, 0.29) is 30.9 Å². The van der Waals surface area contributed by atoms with Gasteiger partial charge in [-0.05, 0) is 31.5 Å². The zero-order valence-corrected chi connectivity index (χ0v) is 13.6. The Morgan fingerprint density at radius 1 is 1.43 bits per heavy atom. The topological polar surface area (TPSA) is 53.0 Å². The predicted molar refractivity (Wildman–Crippen MR) is 85.8 cm³/mol. The third-order valence-electron chi connectivity index (χ3n) is 4.24. The molecular weight excluding hydrogens is 299 g/mol. The summed E-state index contributed by atoms with van der Waals surface area (Å²) >= 11 is 0. The third-order valence-corrected chi connectivity index (χ3v) is 4.24. The molecule has 0 aromatic heterocycles. The van der Waals surface area contributed by atoms with Crippen LogP contribution in [0.2, 0.25) is 0 Å². The van der Waals surface area contributed by atoms with Crippen LogP contribution in [0.15, 0.2) is 24.3 Å². The lowest BCUT2D eigenvalue weighted by atomic mass is 10.0. The van der Waals surface area contributed by atoms with Crippen molar-refractivity contribution >= 4 is 5.91 Å². The molecule has 1 unspecified atom stereocenters. The number of hydrogen-bond acceptors (Lipinski definition) is 4. The molecule has 1 aromatic rings. The second kappa shape index (κ2) is 8.84. The molecule has 1 heterocycles. The summed E-state index contributed by atoms with van der Waals surface area (Å²) < 4.78 is 18.8. The Labute approximate surface area is 136 Å². The standard InChI is InChI=1S/C17H25FN2O3/c1-19(10-11-23-16-8-3-2-7-15(16)18)17(22)12-20-9-5-4-6-14(20)13-21/h2-3,7-8,14,21H,4-6,9-13H2,1H3. The van der Waals surface area contributed by atoms with E-state index in [1.165, 1.54) is 6.07 Å². The summed E-state index contributed by atoms with van der Waals surface area (Å²) in [5.74, 6) is -0.215. The molecule has 2 rings (SSSR count). The maximum Gasteiger partial charge on any atom is 0.236 e. The number of rotatable bonds is 7. The molecule has 1 aliphatic rings. The number of benzene rings is 1. The molecule has 6 heteroatoms. The quantitative estimate of drug-likeness (QED) is 0.826. The molecule has 0 spiro atoms. The van der Waals surface area contributed by atoms with Crippen molar-refractivity contribution in [1.82, 2.24) is 9.80 Å². The first-order valence-corrected chi connectivity index (χ1v) is 8.08. The van der Waals surface area contributed by atoms with Gasteiger partial charge in [-0.15, -0.1) is 0 Å². The molecule has 5 nitrogen and oxygen atoms in total. The van der Waals surface area contributed by atoms with Gasteiger partial charge < -0.3 is 14.7 Å². The number of amides is 1. The van der Waals surface area contributed by atoms with Crippen molar-refractivity contribution in [3.8, 4) is 5.75 Å². The van der Waals surface area contributed by atoms with Crippen LogP contribution in [0.3, 0.4) is 0 Å². The van der Waals surface area contributed by atoms with Crippen LogP contribution in [-0.2, 0) is 4.79 Å². The molecule has 128 valence electrons. The average molecular weight is 324 g/mol. The van der Waals surface area contributed by atoms with Gasteiger partial charge in [-0.2, -0.15) is 0 Å². The molecule has 1 N–H and O–H groups in total. The van der Waals surface area contributed by atoms with Gasteiger partial charge in [0.05, 0.1) is 19.7 Å². The Morgan fingerprint density at radius 2 is 2.22 bits per heavy atom. The smallest absolute Gasteiger partial charge is 0.236 e. The molecule has 1 aromatic carbocycles. The SMILES string of the molecule is CN(CCOc1ccccc1F)C(=O)CN1CCCCC1CO. The molecule has 1 atom stereocenters. The lowest BCUT2D eigenvalue weighted by Gasteiger charge is -2.34. The van der Waals surface area contributed by atoms with E-state index in [1.807, 2.05) is 4.90 Å². The zero-order chi connectivity index (χ0) is 16.7. The number of hydrogen-bond donors (Lipinski definition) is 1. The summed E-state index contributed by atoms with van der Waals surface area (Å²) in [5.41, 5.74) is 0. The van der Waals surface area contributed by atoms with Crippen molar-refractivity contribution in [1.29, 1.82) is 0 Å². The predicted octanol–water partition coefficient (Wildman–Crippen LogP) is 1.51. The lowest BCUT2D eigenvalue weighted by Crippen LogP contribution is -2.47. The fourth-order valence-corrected chi connectivity index (χ4v) is 2.75. The van der Waals surface area contributed by atoms with Crippen LogP contribution >= 0.6 is 0 Å². The molecular formula is C17H25FN2O3. The van der Waals surface area contributed by atoms with Gasteiger partial charge in [0, 0.05) is 13.1 Å². The molecule has 1 fully saturated rings. The number of para-hydroxylation sites is 1. The number of halogens is 1. The van der Waals surface area contributed by atoms with E-state index in [9.17, 15) is 14.3 Å². The van der Waals surface area contributed by atoms with Crippen molar-refractivity contribution in [2.75, 3.05) is 39.9 Å². The monoisotopic (exact) mass is 324 g/mol. The second-order valence-electron chi connectivity index (χ2n) is 5.90. The molecule has 0 saturated carbocycles. The van der Waals surface area contributed by atoms with Crippen LogP contribution in [0.5, 0.6) is 5.75 Å². The van der Waals surface area contributed by atoms with Crippen LogP contribution in [0.1, 0.15) is 19.3 Å². The molecule has 0 radical (unpaired) electrons. The van der Waals surface area contributed by atoms with E-state index in [0.29, 0.717) is 13.1 Å². The van der Waals surface area contributed by atoms with Crippen LogP contribution in [-0.4, -0.2) is 66.8 Å². The molecule has 0 bridgehead atoms. The van der Waals surface area contributed by atoms with Crippen LogP contribution in [0.25, 0.3) is 0 Å². The number of carbonyl (C=O) groups excluding carboxylic acids is 1. The minimum absolute atomic E-state index is 0.0116. The Morgan fingerprint density at radius 3 is 2.96 bits per heavy atom. The number of nitrogens with zero attached hydrogens (tertiary/aromatic N) is 2. The third kappa shape index (κ3) is 5.18. The number of ether oxygens (including phenoxy) is 1. The first-order chi connectivity index (χ1) is 11.1. The first-order valence-electron chi connectivity index (χ1n) is 8.08. The Bertz CT molecular complexity index is 512. The van der Waals surface area contributed by atoms with Crippen molar-refractivity contribution in [3.05, 3.63) is 30.1 Å². The van der Waals surface area contributed by atoms with E-state index in [4.69, 9.17) is 4.74 Å². The second-order valence-corrected chi connectivity index (χ2v) is 5.90. The first kappa shape index (κ1) is 17.7. The highest BCUT2D eigenvalue weighted by Crippen LogP contribution is 2.17. The zero-order valence-electron chi connectivity index (χ0n) is 13.6. The largest absolute Gasteiger partial charge is 0.489 e. The van der Waals surface area contributed by atoms with Crippen molar-refractivity contribution in [3.63, 3.8) is 0 Å². The molecule has 1 aliphatic heterocycles. The highest BCUT2D eigenvalue weighted by Gasteiger charge is 2.24. The van der Waals surface area contributed by atoms with Crippen molar-refractivity contribution in [2.24, 2.45) is 0 Å². The maximum absolute atomic E-state index is 13.4. The van der Waals surface area contributed by atoms with E-state index in [2.05, 4.69) is 0 Å². The van der Waals surface area contributed by atoms with Gasteiger partial charge in [-0.1, -0.05) is 18.6 Å². The van der Waals surface area contributed by atoms with Gasteiger partial charge in [0.2, 0.25) is 5.91 Å². The van der Waals surface area contributed by atoms with E-state index in [1.54, 1.807) is 30.1 Å². The molecule has 1 saturated heterocycles. The number of carbonyl (C=O) groups is 1. The Balaban J connectivity index is 1.75. The summed E-state index contributed by atoms with van der Waals surface area (Å²) in [5, 5.41) is 9.38.